The van der Waals surface area contributed by atoms with Gasteiger partial charge in [-0.15, -0.1) is 0 Å². The third-order valence-electron chi connectivity index (χ3n) is 4.79. The van der Waals surface area contributed by atoms with Crippen LogP contribution in [0.25, 0.3) is 11.1 Å². The van der Waals surface area contributed by atoms with Gasteiger partial charge in [-0.05, 0) is 39.2 Å². The Morgan fingerprint density at radius 3 is 1.90 bits per heavy atom. The van der Waals surface area contributed by atoms with Crippen molar-refractivity contribution < 1.29 is 9.47 Å². The molecule has 0 fully saturated rings. The number of hydrogen-bond acceptors (Lipinski definition) is 5. The van der Waals surface area contributed by atoms with Gasteiger partial charge in [-0.3, -0.25) is 0 Å². The Morgan fingerprint density at radius 1 is 0.677 bits per heavy atom. The van der Waals surface area contributed by atoms with E-state index in [0.29, 0.717) is 40.8 Å². The van der Waals surface area contributed by atoms with Crippen LogP contribution in [0, 0.1) is 0 Å². The van der Waals surface area contributed by atoms with Crippen molar-refractivity contribution in [3.05, 3.63) is 101 Å². The number of nitrogens with two attached hydrogens (primary N) is 2. The van der Waals surface area contributed by atoms with Crippen molar-refractivity contribution in [3.8, 4) is 22.9 Å². The predicted octanol–water partition coefficient (Wildman–Crippen LogP) is 5.83. The zero-order valence-electron chi connectivity index (χ0n) is 16.8. The van der Waals surface area contributed by atoms with Crippen LogP contribution in [0.2, 0.25) is 0 Å². The maximum Gasteiger partial charge on any atom is 0.225 e. The molecule has 0 saturated heterocycles. The molecule has 0 atom stereocenters. The monoisotopic (exact) mass is 475 g/mol. The first-order chi connectivity index (χ1) is 15.1. The summed E-state index contributed by atoms with van der Waals surface area (Å²) < 4.78 is 12.7. The number of rotatable bonds is 7. The summed E-state index contributed by atoms with van der Waals surface area (Å²) in [6, 6.07) is 27.3. The minimum atomic E-state index is 0.380. The summed E-state index contributed by atoms with van der Waals surface area (Å²) in [5.41, 5.74) is 16.8. The molecular formula is C25H22BrN3O2. The maximum atomic E-state index is 6.12. The van der Waals surface area contributed by atoms with Crippen LogP contribution >= 0.6 is 15.9 Å². The van der Waals surface area contributed by atoms with Crippen LogP contribution in [0.3, 0.4) is 0 Å². The highest BCUT2D eigenvalue weighted by molar-refractivity contribution is 9.10. The number of pyridine rings is 1. The van der Waals surface area contributed by atoms with E-state index >= 15 is 0 Å². The van der Waals surface area contributed by atoms with Gasteiger partial charge in [0.2, 0.25) is 11.8 Å². The van der Waals surface area contributed by atoms with E-state index in [9.17, 15) is 0 Å². The van der Waals surface area contributed by atoms with Crippen molar-refractivity contribution in [1.29, 1.82) is 0 Å². The molecule has 1 aromatic heterocycles. The van der Waals surface area contributed by atoms with E-state index < -0.39 is 0 Å². The molecule has 0 unspecified atom stereocenters. The minimum Gasteiger partial charge on any atom is -0.473 e. The molecule has 4 rings (SSSR count). The van der Waals surface area contributed by atoms with E-state index in [2.05, 4.69) is 20.9 Å². The number of benzene rings is 3. The molecule has 31 heavy (non-hydrogen) atoms. The minimum absolute atomic E-state index is 0.380. The van der Waals surface area contributed by atoms with Gasteiger partial charge in [0, 0.05) is 17.2 Å². The van der Waals surface area contributed by atoms with Crippen molar-refractivity contribution in [2.45, 2.75) is 13.2 Å². The van der Waals surface area contributed by atoms with E-state index in [0.717, 1.165) is 22.3 Å². The first-order valence-corrected chi connectivity index (χ1v) is 10.6. The fourth-order valence-electron chi connectivity index (χ4n) is 3.09. The lowest BCUT2D eigenvalue weighted by Gasteiger charge is -2.15. The van der Waals surface area contributed by atoms with Gasteiger partial charge in [-0.2, -0.15) is 4.98 Å². The lowest BCUT2D eigenvalue weighted by molar-refractivity contribution is 0.268. The highest BCUT2D eigenvalue weighted by atomic mass is 79.9. The number of anilines is 2. The molecular weight excluding hydrogens is 454 g/mol. The van der Waals surface area contributed by atoms with E-state index in [4.69, 9.17) is 20.9 Å². The van der Waals surface area contributed by atoms with Gasteiger partial charge in [-0.25, -0.2) is 0 Å². The third kappa shape index (κ3) is 4.98. The van der Waals surface area contributed by atoms with Gasteiger partial charge < -0.3 is 20.9 Å². The van der Waals surface area contributed by atoms with Crippen molar-refractivity contribution in [1.82, 2.24) is 4.98 Å². The molecule has 0 amide bonds. The third-order valence-corrected chi connectivity index (χ3v) is 5.64. The number of nitrogens with zero attached hydrogens (tertiary/aromatic N) is 1. The average molecular weight is 476 g/mol. The van der Waals surface area contributed by atoms with Crippen LogP contribution in [-0.2, 0) is 13.2 Å². The van der Waals surface area contributed by atoms with Crippen LogP contribution in [0.5, 0.6) is 11.8 Å². The fourth-order valence-corrected chi connectivity index (χ4v) is 3.67. The van der Waals surface area contributed by atoms with Crippen LogP contribution in [0.15, 0.2) is 89.4 Å². The number of aromatic nitrogens is 1. The Hall–Kier alpha value is -3.51. The normalized spacial score (nSPS) is 10.6. The van der Waals surface area contributed by atoms with Crippen molar-refractivity contribution >= 4 is 27.3 Å². The summed E-state index contributed by atoms with van der Waals surface area (Å²) >= 11 is 3.56. The van der Waals surface area contributed by atoms with Gasteiger partial charge in [0.25, 0.3) is 0 Å². The van der Waals surface area contributed by atoms with Gasteiger partial charge >= 0.3 is 0 Å². The highest BCUT2D eigenvalue weighted by Gasteiger charge is 2.16. The molecule has 0 aliphatic rings. The molecule has 1 heterocycles. The molecule has 0 radical (unpaired) electrons. The second kappa shape index (κ2) is 9.53. The molecule has 156 valence electrons. The standard InChI is InChI=1S/C25H22BrN3O2/c26-23-19(11-13-21(27)24(23)28)20-12-14-22(30-15-17-7-3-1-4-8-17)29-25(20)31-16-18-9-5-2-6-10-18/h1-14H,15-16,27-28H2. The van der Waals surface area contributed by atoms with Gasteiger partial charge in [0.1, 0.15) is 13.2 Å². The number of ether oxygens (including phenoxy) is 2. The number of halogens is 1. The largest absolute Gasteiger partial charge is 0.473 e. The van der Waals surface area contributed by atoms with Crippen LogP contribution in [0.1, 0.15) is 11.1 Å². The highest BCUT2D eigenvalue weighted by Crippen LogP contribution is 2.40. The van der Waals surface area contributed by atoms with Crippen molar-refractivity contribution in [2.24, 2.45) is 0 Å². The van der Waals surface area contributed by atoms with Gasteiger partial charge in [0.05, 0.1) is 15.8 Å². The second-order valence-corrected chi connectivity index (χ2v) is 7.77. The maximum absolute atomic E-state index is 6.12. The summed E-state index contributed by atoms with van der Waals surface area (Å²) in [5.74, 6) is 0.939. The Kier molecular flexibility index (Phi) is 6.38. The topological polar surface area (TPSA) is 83.4 Å². The molecule has 0 saturated carbocycles. The lowest BCUT2D eigenvalue weighted by Crippen LogP contribution is -2.03. The summed E-state index contributed by atoms with van der Waals surface area (Å²) in [7, 11) is 0. The summed E-state index contributed by atoms with van der Waals surface area (Å²) in [5, 5.41) is 0. The molecule has 4 N–H and O–H groups in total. The summed E-state index contributed by atoms with van der Waals surface area (Å²) in [4.78, 5) is 4.64. The first kappa shape index (κ1) is 20.8. The molecule has 4 aromatic rings. The smallest absolute Gasteiger partial charge is 0.225 e. The summed E-state index contributed by atoms with van der Waals surface area (Å²) in [6.45, 7) is 0.800. The van der Waals surface area contributed by atoms with E-state index in [1.165, 1.54) is 0 Å². The van der Waals surface area contributed by atoms with Gasteiger partial charge in [0.15, 0.2) is 0 Å². The lowest BCUT2D eigenvalue weighted by atomic mass is 10.1. The van der Waals surface area contributed by atoms with E-state index in [1.54, 1.807) is 6.07 Å². The molecule has 0 bridgehead atoms. The van der Waals surface area contributed by atoms with Gasteiger partial charge in [-0.1, -0.05) is 66.7 Å². The molecule has 0 spiro atoms. The Morgan fingerprint density at radius 2 is 1.26 bits per heavy atom. The predicted molar refractivity (Wildman–Crippen MR) is 128 cm³/mol. The molecule has 6 heteroatoms. The molecule has 0 aliphatic carbocycles. The van der Waals surface area contributed by atoms with Crippen molar-refractivity contribution in [2.75, 3.05) is 11.5 Å². The quantitative estimate of drug-likeness (QED) is 0.328. The van der Waals surface area contributed by atoms with Crippen molar-refractivity contribution in [3.63, 3.8) is 0 Å². The zero-order chi connectivity index (χ0) is 21.6. The van der Waals surface area contributed by atoms with E-state index in [1.807, 2.05) is 78.9 Å². The average Bonchev–Trinajstić information content (AvgIpc) is 2.82. The Labute approximate surface area is 189 Å². The number of nitrogen functional groups attached to an aromatic ring is 2. The number of hydrogen-bond donors (Lipinski definition) is 2. The Balaban J connectivity index is 1.65. The SMILES string of the molecule is Nc1ccc(-c2ccc(OCc3ccccc3)nc2OCc2ccccc2)c(Br)c1N. The van der Waals surface area contributed by atoms with Crippen LogP contribution in [0.4, 0.5) is 11.4 Å². The molecule has 3 aromatic carbocycles. The second-order valence-electron chi connectivity index (χ2n) is 6.98. The van der Waals surface area contributed by atoms with Crippen LogP contribution < -0.4 is 20.9 Å². The fraction of sp³-hybridized carbons (Fsp3) is 0.0800. The zero-order valence-corrected chi connectivity index (χ0v) is 18.4. The van der Waals surface area contributed by atoms with E-state index in [-0.39, 0.29) is 0 Å². The first-order valence-electron chi connectivity index (χ1n) is 9.80. The van der Waals surface area contributed by atoms with Crippen LogP contribution in [-0.4, -0.2) is 4.98 Å². The molecule has 0 aliphatic heterocycles. The Bertz CT molecular complexity index is 1170. The summed E-state index contributed by atoms with van der Waals surface area (Å²) in [6.07, 6.45) is 0. The molecule has 5 nitrogen and oxygen atoms in total.